The second kappa shape index (κ2) is 7.33. The van der Waals surface area contributed by atoms with E-state index < -0.39 is 0 Å². The van der Waals surface area contributed by atoms with Crippen molar-refractivity contribution in [1.29, 1.82) is 0 Å². The maximum Gasteiger partial charge on any atom is 0.251 e. The van der Waals surface area contributed by atoms with Crippen molar-refractivity contribution in [2.45, 2.75) is 13.1 Å². The number of halogens is 2. The number of nitrogens with one attached hydrogen (secondary N) is 2. The summed E-state index contributed by atoms with van der Waals surface area (Å²) in [5, 5.41) is 5.83. The highest BCUT2D eigenvalue weighted by Gasteiger charge is 2.03. The van der Waals surface area contributed by atoms with Crippen LogP contribution in [-0.2, 0) is 13.1 Å². The fraction of sp³-hybridized carbons (Fsp3) is 0.188. The van der Waals surface area contributed by atoms with Gasteiger partial charge in [0.2, 0.25) is 0 Å². The molecule has 0 bridgehead atoms. The van der Waals surface area contributed by atoms with Crippen LogP contribution in [0.15, 0.2) is 46.9 Å². The fourth-order valence-corrected chi connectivity index (χ4v) is 2.33. The third-order valence-electron chi connectivity index (χ3n) is 3.10. The van der Waals surface area contributed by atoms with E-state index in [1.807, 2.05) is 12.1 Å². The predicted octanol–water partition coefficient (Wildman–Crippen LogP) is 3.24. The number of hydrogen-bond acceptors (Lipinski definition) is 2. The van der Waals surface area contributed by atoms with Crippen LogP contribution in [0.25, 0.3) is 0 Å². The molecule has 0 aliphatic rings. The van der Waals surface area contributed by atoms with Gasteiger partial charge in [0.1, 0.15) is 5.82 Å². The number of carbonyl (C=O) groups excluding carboxylic acids is 1. The van der Waals surface area contributed by atoms with Crippen LogP contribution in [0.4, 0.5) is 4.39 Å². The van der Waals surface area contributed by atoms with E-state index in [2.05, 4.69) is 26.6 Å². The highest BCUT2D eigenvalue weighted by molar-refractivity contribution is 9.10. The molecule has 0 saturated heterocycles. The molecule has 110 valence electrons. The summed E-state index contributed by atoms with van der Waals surface area (Å²) in [5.41, 5.74) is 2.57. The zero-order valence-electron chi connectivity index (χ0n) is 11.6. The highest BCUT2D eigenvalue weighted by atomic mass is 79.9. The topological polar surface area (TPSA) is 41.1 Å². The van der Waals surface area contributed by atoms with Crippen LogP contribution in [0.2, 0.25) is 0 Å². The Morgan fingerprint density at radius 1 is 1.14 bits per heavy atom. The molecule has 0 atom stereocenters. The average molecular weight is 351 g/mol. The zero-order chi connectivity index (χ0) is 15.2. The van der Waals surface area contributed by atoms with Gasteiger partial charge in [-0.15, -0.1) is 0 Å². The van der Waals surface area contributed by atoms with Gasteiger partial charge in [-0.1, -0.05) is 28.1 Å². The van der Waals surface area contributed by atoms with E-state index in [4.69, 9.17) is 0 Å². The molecule has 0 aromatic heterocycles. The molecule has 0 unspecified atom stereocenters. The van der Waals surface area contributed by atoms with Crippen LogP contribution in [0.3, 0.4) is 0 Å². The van der Waals surface area contributed by atoms with Crippen molar-refractivity contribution >= 4 is 21.8 Å². The molecule has 21 heavy (non-hydrogen) atoms. The number of carbonyl (C=O) groups is 1. The molecule has 0 spiro atoms. The Morgan fingerprint density at radius 3 is 2.52 bits per heavy atom. The van der Waals surface area contributed by atoms with Gasteiger partial charge in [-0.25, -0.2) is 4.39 Å². The third kappa shape index (κ3) is 4.37. The summed E-state index contributed by atoms with van der Waals surface area (Å²) in [5.74, 6) is -0.344. The van der Waals surface area contributed by atoms with Crippen molar-refractivity contribution in [1.82, 2.24) is 10.6 Å². The summed E-state index contributed by atoms with van der Waals surface area (Å²) in [6.45, 7) is 1.21. The molecule has 0 aliphatic carbocycles. The Kier molecular flexibility index (Phi) is 5.47. The zero-order valence-corrected chi connectivity index (χ0v) is 13.2. The first-order chi connectivity index (χ1) is 10.1. The van der Waals surface area contributed by atoms with Crippen LogP contribution in [0, 0.1) is 5.82 Å². The Balaban J connectivity index is 1.91. The first-order valence-corrected chi connectivity index (χ1v) is 7.35. The Labute approximate surface area is 131 Å². The molecule has 0 fully saturated rings. The lowest BCUT2D eigenvalue weighted by Crippen LogP contribution is -2.18. The highest BCUT2D eigenvalue weighted by Crippen LogP contribution is 2.17. The van der Waals surface area contributed by atoms with Crippen molar-refractivity contribution in [2.75, 3.05) is 7.05 Å². The summed E-state index contributed by atoms with van der Waals surface area (Å²) in [6.07, 6.45) is 0. The van der Waals surface area contributed by atoms with Crippen molar-refractivity contribution < 1.29 is 9.18 Å². The molecular weight excluding hydrogens is 335 g/mol. The summed E-state index contributed by atoms with van der Waals surface area (Å²) >= 11 is 3.40. The Morgan fingerprint density at radius 2 is 1.86 bits per heavy atom. The second-order valence-electron chi connectivity index (χ2n) is 4.62. The van der Waals surface area contributed by atoms with Gasteiger partial charge in [-0.3, -0.25) is 4.79 Å². The molecular formula is C16H16BrFN2O. The molecule has 0 radical (unpaired) electrons. The molecule has 2 N–H and O–H groups in total. The number of hydrogen-bond donors (Lipinski definition) is 2. The van der Waals surface area contributed by atoms with E-state index in [1.165, 1.54) is 12.1 Å². The monoisotopic (exact) mass is 350 g/mol. The van der Waals surface area contributed by atoms with Crippen LogP contribution in [0.1, 0.15) is 21.5 Å². The first-order valence-electron chi connectivity index (χ1n) is 6.56. The maximum atomic E-state index is 13.2. The van der Waals surface area contributed by atoms with Gasteiger partial charge < -0.3 is 10.6 Å². The first kappa shape index (κ1) is 15.7. The fourth-order valence-electron chi connectivity index (χ4n) is 1.94. The average Bonchev–Trinajstić information content (AvgIpc) is 2.50. The Hall–Kier alpha value is -1.72. The van der Waals surface area contributed by atoms with Crippen molar-refractivity contribution in [3.63, 3.8) is 0 Å². The molecule has 0 saturated carbocycles. The maximum absolute atomic E-state index is 13.2. The van der Waals surface area contributed by atoms with E-state index >= 15 is 0 Å². The molecule has 3 nitrogen and oxygen atoms in total. The lowest BCUT2D eigenvalue weighted by Gasteiger charge is -2.08. The third-order valence-corrected chi connectivity index (χ3v) is 3.87. The number of amides is 1. The van der Waals surface area contributed by atoms with E-state index in [0.29, 0.717) is 18.7 Å². The quantitative estimate of drug-likeness (QED) is 0.868. The minimum Gasteiger partial charge on any atom is -0.355 e. The van der Waals surface area contributed by atoms with Gasteiger partial charge in [0, 0.05) is 30.2 Å². The van der Waals surface area contributed by atoms with E-state index in [9.17, 15) is 9.18 Å². The summed E-state index contributed by atoms with van der Waals surface area (Å²) in [6, 6.07) is 12.0. The predicted molar refractivity (Wildman–Crippen MR) is 84.5 cm³/mol. The largest absolute Gasteiger partial charge is 0.355 e. The SMILES string of the molecule is CNC(=O)c1ccc(CNCc2cc(F)ccc2Br)cc1. The van der Waals surface area contributed by atoms with E-state index in [0.717, 1.165) is 15.6 Å². The molecule has 0 aliphatic heterocycles. The second-order valence-corrected chi connectivity index (χ2v) is 5.47. The lowest BCUT2D eigenvalue weighted by atomic mass is 10.1. The van der Waals surface area contributed by atoms with Gasteiger partial charge in [0.25, 0.3) is 5.91 Å². The molecule has 2 aromatic carbocycles. The van der Waals surface area contributed by atoms with Crippen molar-refractivity contribution in [3.05, 3.63) is 69.4 Å². The van der Waals surface area contributed by atoms with Crippen molar-refractivity contribution in [3.8, 4) is 0 Å². The molecule has 5 heteroatoms. The van der Waals surface area contributed by atoms with Crippen LogP contribution >= 0.6 is 15.9 Å². The summed E-state index contributed by atoms with van der Waals surface area (Å²) in [4.78, 5) is 11.4. The summed E-state index contributed by atoms with van der Waals surface area (Å²) < 4.78 is 14.0. The van der Waals surface area contributed by atoms with Crippen molar-refractivity contribution in [2.24, 2.45) is 0 Å². The summed E-state index contributed by atoms with van der Waals surface area (Å²) in [7, 11) is 1.61. The minimum absolute atomic E-state index is 0.0989. The number of rotatable bonds is 5. The standard InChI is InChI=1S/C16H16BrFN2O/c1-19-16(21)12-4-2-11(3-5-12)9-20-10-13-8-14(18)6-7-15(13)17/h2-8,20H,9-10H2,1H3,(H,19,21). The smallest absolute Gasteiger partial charge is 0.251 e. The van der Waals surface area contributed by atoms with Crippen LogP contribution < -0.4 is 10.6 Å². The van der Waals surface area contributed by atoms with E-state index in [-0.39, 0.29) is 11.7 Å². The molecule has 1 amide bonds. The minimum atomic E-state index is -0.245. The van der Waals surface area contributed by atoms with Gasteiger partial charge in [-0.2, -0.15) is 0 Å². The molecule has 2 rings (SSSR count). The van der Waals surface area contributed by atoms with Crippen LogP contribution in [0.5, 0.6) is 0 Å². The molecule has 2 aromatic rings. The molecule has 0 heterocycles. The van der Waals surface area contributed by atoms with Gasteiger partial charge in [0.15, 0.2) is 0 Å². The van der Waals surface area contributed by atoms with Gasteiger partial charge in [-0.05, 0) is 41.5 Å². The van der Waals surface area contributed by atoms with E-state index in [1.54, 1.807) is 25.2 Å². The number of benzene rings is 2. The van der Waals surface area contributed by atoms with Gasteiger partial charge in [0.05, 0.1) is 0 Å². The van der Waals surface area contributed by atoms with Crippen LogP contribution in [-0.4, -0.2) is 13.0 Å². The van der Waals surface area contributed by atoms with Gasteiger partial charge >= 0.3 is 0 Å². The lowest BCUT2D eigenvalue weighted by molar-refractivity contribution is 0.0963. The Bertz CT molecular complexity index is 629. The normalized spacial score (nSPS) is 10.4.